The molecule has 0 aliphatic rings. The molecule has 0 unspecified atom stereocenters. The van der Waals surface area contributed by atoms with Gasteiger partial charge in [0.05, 0.1) is 42.9 Å². The number of nitrogens with two attached hydrogens (primary N) is 2. The second-order valence-electron chi connectivity index (χ2n) is 15.3. The van der Waals surface area contributed by atoms with Crippen LogP contribution >= 0.6 is 61.8 Å². The van der Waals surface area contributed by atoms with Gasteiger partial charge in [-0.2, -0.15) is 9.97 Å². The fraction of sp³-hybridized carbons (Fsp3) is 0.0980. The number of anilines is 4. The molecule has 6 N–H and O–H groups in total. The molecule has 0 amide bonds. The molecule has 0 radical (unpaired) electrons. The summed E-state index contributed by atoms with van der Waals surface area (Å²) in [5.74, 6) is 1.49. The van der Waals surface area contributed by atoms with Crippen LogP contribution in [0.5, 0.6) is 0 Å². The van der Waals surface area contributed by atoms with Crippen LogP contribution < -0.4 is 33.2 Å². The molecule has 17 heteroatoms. The van der Waals surface area contributed by atoms with Gasteiger partial charge in [-0.05, 0) is 119 Å². The highest BCUT2D eigenvalue weighted by atomic mass is 79.9. The van der Waals surface area contributed by atoms with Gasteiger partial charge >= 0.3 is 0 Å². The SMILES string of the molecule is C[C@H](Nc1nc(N)ncc1-c1cccs1)c1cc2cccc(Cl)c2c(=O)n1-c1ccccc1.C[C@H](Nc1nc(N)ncc1Br)c1cc2cccc(Cl)c2c(=O)n1-c1ccccc1.Cc1cccs1. The number of benzene rings is 4. The van der Waals surface area contributed by atoms with Crippen molar-refractivity contribution in [1.29, 1.82) is 0 Å². The number of halogens is 3. The number of hydrogen-bond donors (Lipinski definition) is 4. The molecule has 0 saturated carbocycles. The number of aryl methyl sites for hydroxylation is 1. The molecular formula is C51H43BrCl2N10O2S2. The molecule has 0 bridgehead atoms. The third-order valence-corrected chi connectivity index (χ3v) is 13.6. The van der Waals surface area contributed by atoms with Crippen LogP contribution in [0.25, 0.3) is 43.4 Å². The van der Waals surface area contributed by atoms with Crippen LogP contribution in [-0.4, -0.2) is 29.1 Å². The van der Waals surface area contributed by atoms with Crippen molar-refractivity contribution >= 4 is 107 Å². The van der Waals surface area contributed by atoms with Crippen LogP contribution in [0.3, 0.4) is 0 Å². The van der Waals surface area contributed by atoms with E-state index in [4.69, 9.17) is 34.7 Å². The molecule has 0 spiro atoms. The van der Waals surface area contributed by atoms with E-state index in [0.717, 1.165) is 44.0 Å². The topological polar surface area (TPSA) is 172 Å². The first-order valence-corrected chi connectivity index (χ1v) is 24.5. The maximum Gasteiger partial charge on any atom is 0.264 e. The highest BCUT2D eigenvalue weighted by molar-refractivity contribution is 9.10. The molecule has 6 aromatic heterocycles. The lowest BCUT2D eigenvalue weighted by molar-refractivity contribution is 0.772. The van der Waals surface area contributed by atoms with Crippen molar-refractivity contribution in [3.63, 3.8) is 0 Å². The summed E-state index contributed by atoms with van der Waals surface area (Å²) in [5.41, 5.74) is 15.2. The molecule has 4 aromatic carbocycles. The van der Waals surface area contributed by atoms with E-state index in [1.54, 1.807) is 56.3 Å². The van der Waals surface area contributed by atoms with Gasteiger partial charge in [-0.1, -0.05) is 96.0 Å². The van der Waals surface area contributed by atoms with Crippen molar-refractivity contribution < 1.29 is 0 Å². The van der Waals surface area contributed by atoms with Crippen molar-refractivity contribution in [2.24, 2.45) is 0 Å². The monoisotopic (exact) mass is 1040 g/mol. The zero-order valence-electron chi connectivity index (χ0n) is 36.8. The predicted molar refractivity (Wildman–Crippen MR) is 286 cm³/mol. The molecule has 10 aromatic rings. The number of pyridine rings is 2. The average Bonchev–Trinajstić information content (AvgIpc) is 4.06. The molecular weight excluding hydrogens is 1000 g/mol. The Balaban J connectivity index is 0.000000165. The van der Waals surface area contributed by atoms with Crippen molar-refractivity contribution in [3.05, 3.63) is 208 Å². The number of fused-ring (bicyclic) bond motifs is 2. The summed E-state index contributed by atoms with van der Waals surface area (Å²) in [6.45, 7) is 6.04. The zero-order chi connectivity index (χ0) is 47.9. The van der Waals surface area contributed by atoms with E-state index in [0.29, 0.717) is 36.9 Å². The molecule has 0 aliphatic carbocycles. The van der Waals surface area contributed by atoms with E-state index in [1.165, 1.54) is 4.88 Å². The number of hydrogen-bond acceptors (Lipinski definition) is 12. The summed E-state index contributed by atoms with van der Waals surface area (Å²) in [4.78, 5) is 46.3. The highest BCUT2D eigenvalue weighted by Gasteiger charge is 2.21. The van der Waals surface area contributed by atoms with Gasteiger partial charge in [0.1, 0.15) is 11.6 Å². The van der Waals surface area contributed by atoms with Gasteiger partial charge in [-0.3, -0.25) is 18.7 Å². The summed E-state index contributed by atoms with van der Waals surface area (Å²) in [6.07, 6.45) is 3.30. The number of nitrogens with one attached hydrogen (secondary N) is 2. The molecule has 2 atom stereocenters. The fourth-order valence-electron chi connectivity index (χ4n) is 7.52. The number of para-hydroxylation sites is 2. The molecule has 6 heterocycles. The Morgan fingerprint density at radius 3 is 1.56 bits per heavy atom. The minimum atomic E-state index is -0.283. The van der Waals surface area contributed by atoms with Gasteiger partial charge in [-0.25, -0.2) is 9.97 Å². The van der Waals surface area contributed by atoms with Crippen LogP contribution in [0.2, 0.25) is 10.0 Å². The summed E-state index contributed by atoms with van der Waals surface area (Å²) in [7, 11) is 0. The van der Waals surface area contributed by atoms with Crippen molar-refractivity contribution in [2.75, 3.05) is 22.1 Å². The smallest absolute Gasteiger partial charge is 0.264 e. The first kappa shape index (κ1) is 47.6. The van der Waals surface area contributed by atoms with Gasteiger partial charge in [0.15, 0.2) is 0 Å². The molecule has 0 aliphatic heterocycles. The third kappa shape index (κ3) is 10.6. The predicted octanol–water partition coefficient (Wildman–Crippen LogP) is 12.9. The Bertz CT molecular complexity index is 3470. The standard InChI is InChI=1S/C25H20ClN5OS.C21H17BrClN5O.C5H6S/c1-15(29-23-18(14-28-25(27)30-23)21-11-6-12-33-21)20-13-16-7-5-10-19(26)22(16)24(32)31(20)17-8-3-2-4-9-17;1-12(26-19-15(22)11-25-21(24)27-19)17-10-13-6-5-9-16(23)18(13)20(29)28(17)14-7-3-2-4-8-14;1-5-3-2-4-6-5/h2-15H,1H3,(H3,27,28,29,30);2-12H,1H3,(H3,24,25,26,27);2-4H,1H3/t15-;12-;/m00./s1. The lowest BCUT2D eigenvalue weighted by Gasteiger charge is -2.22. The second kappa shape index (κ2) is 21.4. The average molecular weight is 1040 g/mol. The molecule has 0 fully saturated rings. The van der Waals surface area contributed by atoms with E-state index in [9.17, 15) is 9.59 Å². The van der Waals surface area contributed by atoms with E-state index in [1.807, 2.05) is 128 Å². The Kier molecular flexibility index (Phi) is 15.0. The quantitative estimate of drug-likeness (QED) is 0.109. The lowest BCUT2D eigenvalue weighted by Crippen LogP contribution is -2.26. The molecule has 342 valence electrons. The van der Waals surface area contributed by atoms with Gasteiger partial charge < -0.3 is 22.1 Å². The van der Waals surface area contributed by atoms with Gasteiger partial charge in [0.25, 0.3) is 11.1 Å². The Labute approximate surface area is 418 Å². The van der Waals surface area contributed by atoms with Crippen molar-refractivity contribution in [3.8, 4) is 21.8 Å². The minimum Gasteiger partial charge on any atom is -0.368 e. The summed E-state index contributed by atoms with van der Waals surface area (Å²) in [5, 5.41) is 14.2. The number of nitrogen functional groups attached to an aromatic ring is 2. The largest absolute Gasteiger partial charge is 0.368 e. The Morgan fingerprint density at radius 2 is 1.09 bits per heavy atom. The van der Waals surface area contributed by atoms with E-state index in [2.05, 4.69) is 70.9 Å². The van der Waals surface area contributed by atoms with Gasteiger partial charge in [0, 0.05) is 44.9 Å². The van der Waals surface area contributed by atoms with Crippen molar-refractivity contribution in [1.82, 2.24) is 29.1 Å². The van der Waals surface area contributed by atoms with Gasteiger partial charge in [0.2, 0.25) is 11.9 Å². The van der Waals surface area contributed by atoms with Crippen LogP contribution in [0.15, 0.2) is 171 Å². The molecule has 10 rings (SSSR count). The van der Waals surface area contributed by atoms with Crippen LogP contribution in [-0.2, 0) is 0 Å². The number of nitrogens with zero attached hydrogens (tertiary/aromatic N) is 6. The van der Waals surface area contributed by atoms with Crippen LogP contribution in [0.1, 0.15) is 42.2 Å². The number of rotatable bonds is 9. The second-order valence-corrected chi connectivity index (χ2v) is 19.1. The van der Waals surface area contributed by atoms with Crippen molar-refractivity contribution in [2.45, 2.75) is 32.9 Å². The van der Waals surface area contributed by atoms with Crippen LogP contribution in [0.4, 0.5) is 23.5 Å². The van der Waals surface area contributed by atoms with E-state index >= 15 is 0 Å². The maximum absolute atomic E-state index is 13.6. The summed E-state index contributed by atoms with van der Waals surface area (Å²) >= 11 is 19.6. The fourth-order valence-corrected chi connectivity index (χ4v) is 9.62. The summed E-state index contributed by atoms with van der Waals surface area (Å²) in [6, 6.07) is 41.5. The molecule has 12 nitrogen and oxygen atoms in total. The molecule has 68 heavy (non-hydrogen) atoms. The minimum absolute atomic E-state index is 0.161. The third-order valence-electron chi connectivity index (χ3n) is 10.7. The number of aromatic nitrogens is 6. The van der Waals surface area contributed by atoms with Crippen LogP contribution in [0, 0.1) is 6.92 Å². The highest BCUT2D eigenvalue weighted by Crippen LogP contribution is 2.34. The van der Waals surface area contributed by atoms with E-state index in [-0.39, 0.29) is 35.1 Å². The Hall–Kier alpha value is -6.88. The molecule has 0 saturated heterocycles. The Morgan fingerprint density at radius 1 is 0.603 bits per heavy atom. The number of thiophene rings is 2. The first-order valence-electron chi connectivity index (χ1n) is 21.1. The maximum atomic E-state index is 13.6. The first-order chi connectivity index (χ1) is 32.9. The lowest BCUT2D eigenvalue weighted by atomic mass is 10.1. The van der Waals surface area contributed by atoms with Gasteiger partial charge in [-0.15, -0.1) is 22.7 Å². The summed E-state index contributed by atoms with van der Waals surface area (Å²) < 4.78 is 4.04. The zero-order valence-corrected chi connectivity index (χ0v) is 41.5. The van der Waals surface area contributed by atoms with E-state index < -0.39 is 0 Å². The normalized spacial score (nSPS) is 11.8.